The van der Waals surface area contributed by atoms with Crippen LogP contribution in [0.4, 0.5) is 5.69 Å². The molecule has 2 aliphatic rings. The number of fused-ring (bicyclic) bond motifs is 1. The van der Waals surface area contributed by atoms with Gasteiger partial charge in [0.15, 0.2) is 12.0 Å². The Labute approximate surface area is 175 Å². The van der Waals surface area contributed by atoms with Crippen LogP contribution in [0.5, 0.6) is 5.75 Å². The minimum Gasteiger partial charge on any atom is -0.483 e. The zero-order valence-corrected chi connectivity index (χ0v) is 16.9. The molecule has 1 heterocycles. The average Bonchev–Trinajstić information content (AvgIpc) is 2.78. The molecule has 0 saturated heterocycles. The van der Waals surface area contributed by atoms with Crippen molar-refractivity contribution in [1.29, 1.82) is 0 Å². The van der Waals surface area contributed by atoms with E-state index in [-0.39, 0.29) is 30.3 Å². The first-order valence-electron chi connectivity index (χ1n) is 10.2. The van der Waals surface area contributed by atoms with Crippen molar-refractivity contribution in [3.63, 3.8) is 0 Å². The third-order valence-electron chi connectivity index (χ3n) is 5.96. The maximum absolute atomic E-state index is 11.9. The average molecular weight is 410 g/mol. The molecule has 1 aliphatic heterocycles. The minimum absolute atomic E-state index is 0.0413. The molecule has 30 heavy (non-hydrogen) atoms. The summed E-state index contributed by atoms with van der Waals surface area (Å²) >= 11 is 0. The zero-order chi connectivity index (χ0) is 21.1. The summed E-state index contributed by atoms with van der Waals surface area (Å²) in [6.07, 6.45) is 5.67. The third kappa shape index (κ3) is 4.04. The fourth-order valence-corrected chi connectivity index (χ4v) is 4.34. The number of hydrogen-bond donors (Lipinski definition) is 1. The second kappa shape index (κ2) is 8.85. The topological polar surface area (TPSA) is 85.1 Å². The SMILES string of the molecule is CN(C1CCC=CO1)C1CCc2c(ccc(OCc3ccccc3)c2[N+](=O)[O-])C1O. The second-order valence-corrected chi connectivity index (χ2v) is 7.77. The number of allylic oxidation sites excluding steroid dienone is 1. The Morgan fingerprint density at radius 2 is 2.03 bits per heavy atom. The van der Waals surface area contributed by atoms with Crippen LogP contribution in [-0.4, -0.2) is 34.2 Å². The lowest BCUT2D eigenvalue weighted by atomic mass is 9.83. The largest absolute Gasteiger partial charge is 0.483 e. The van der Waals surface area contributed by atoms with Crippen LogP contribution in [-0.2, 0) is 17.8 Å². The molecule has 0 bridgehead atoms. The van der Waals surface area contributed by atoms with E-state index in [9.17, 15) is 15.2 Å². The van der Waals surface area contributed by atoms with E-state index in [1.807, 2.05) is 48.4 Å². The molecular weight excluding hydrogens is 384 g/mol. The van der Waals surface area contributed by atoms with Crippen LogP contribution < -0.4 is 4.74 Å². The van der Waals surface area contributed by atoms with E-state index in [0.717, 1.165) is 18.4 Å². The molecule has 1 N–H and O–H groups in total. The van der Waals surface area contributed by atoms with Gasteiger partial charge in [-0.05, 0) is 49.6 Å². The third-order valence-corrected chi connectivity index (χ3v) is 5.96. The summed E-state index contributed by atoms with van der Waals surface area (Å²) in [7, 11) is 1.94. The Hall–Kier alpha value is -2.90. The van der Waals surface area contributed by atoms with Crippen LogP contribution in [0.2, 0.25) is 0 Å². The molecule has 0 fully saturated rings. The first-order valence-corrected chi connectivity index (χ1v) is 10.2. The van der Waals surface area contributed by atoms with Crippen molar-refractivity contribution < 1.29 is 19.5 Å². The molecule has 4 rings (SSSR count). The Morgan fingerprint density at radius 1 is 1.23 bits per heavy atom. The van der Waals surface area contributed by atoms with Gasteiger partial charge in [0.2, 0.25) is 0 Å². The maximum atomic E-state index is 11.9. The van der Waals surface area contributed by atoms with Gasteiger partial charge in [-0.15, -0.1) is 0 Å². The standard InChI is InChI=1S/C23H26N2O5/c1-24(21-9-5-6-14-29-21)19-12-10-17-18(23(19)26)11-13-20(22(17)25(27)28)30-15-16-7-3-2-4-8-16/h2-4,6-8,11,13-14,19,21,23,26H,5,9-10,12,15H2,1H3. The highest BCUT2D eigenvalue weighted by Gasteiger charge is 2.38. The van der Waals surface area contributed by atoms with E-state index in [2.05, 4.69) is 0 Å². The number of aliphatic hydroxyl groups is 1. The number of hydrogen-bond acceptors (Lipinski definition) is 6. The van der Waals surface area contributed by atoms with Crippen LogP contribution in [0, 0.1) is 10.1 Å². The van der Waals surface area contributed by atoms with E-state index < -0.39 is 11.0 Å². The lowest BCUT2D eigenvalue weighted by molar-refractivity contribution is -0.386. The Kier molecular flexibility index (Phi) is 6.01. The molecule has 0 radical (unpaired) electrons. The van der Waals surface area contributed by atoms with E-state index in [0.29, 0.717) is 24.0 Å². The first-order chi connectivity index (χ1) is 14.6. The zero-order valence-electron chi connectivity index (χ0n) is 16.9. The highest BCUT2D eigenvalue weighted by Crippen LogP contribution is 2.42. The highest BCUT2D eigenvalue weighted by molar-refractivity contribution is 5.58. The normalized spacial score (nSPS) is 23.0. The molecule has 7 heteroatoms. The molecule has 0 spiro atoms. The summed E-state index contributed by atoms with van der Waals surface area (Å²) in [5.74, 6) is 0.238. The quantitative estimate of drug-likeness (QED) is 0.570. The number of ether oxygens (including phenoxy) is 2. The molecule has 158 valence electrons. The highest BCUT2D eigenvalue weighted by atomic mass is 16.6. The van der Waals surface area contributed by atoms with Crippen LogP contribution in [0.1, 0.15) is 42.1 Å². The lowest BCUT2D eigenvalue weighted by Gasteiger charge is -2.40. The van der Waals surface area contributed by atoms with Gasteiger partial charge in [0, 0.05) is 18.0 Å². The van der Waals surface area contributed by atoms with Crippen molar-refractivity contribution in [2.24, 2.45) is 0 Å². The van der Waals surface area contributed by atoms with E-state index >= 15 is 0 Å². The number of likely N-dealkylation sites (N-methyl/N-ethyl adjacent to an activating group) is 1. The van der Waals surface area contributed by atoms with Gasteiger partial charge >= 0.3 is 5.69 Å². The summed E-state index contributed by atoms with van der Waals surface area (Å²) in [5, 5.41) is 22.9. The van der Waals surface area contributed by atoms with Gasteiger partial charge in [-0.2, -0.15) is 0 Å². The summed E-state index contributed by atoms with van der Waals surface area (Å²) in [5.41, 5.74) is 2.06. The monoisotopic (exact) mass is 410 g/mol. The van der Waals surface area contributed by atoms with E-state index in [1.54, 1.807) is 18.4 Å². The maximum Gasteiger partial charge on any atom is 0.314 e. The van der Waals surface area contributed by atoms with Crippen LogP contribution in [0.15, 0.2) is 54.8 Å². The molecule has 3 unspecified atom stereocenters. The lowest BCUT2D eigenvalue weighted by Crippen LogP contribution is -2.46. The number of nitro benzene ring substituents is 1. The molecule has 0 aromatic heterocycles. The Morgan fingerprint density at radius 3 is 2.73 bits per heavy atom. The summed E-state index contributed by atoms with van der Waals surface area (Å²) in [4.78, 5) is 13.5. The Bertz CT molecular complexity index is 931. The Balaban J connectivity index is 1.57. The summed E-state index contributed by atoms with van der Waals surface area (Å²) in [6, 6.07) is 12.7. The van der Waals surface area contributed by atoms with Gasteiger partial charge in [-0.1, -0.05) is 36.4 Å². The molecule has 2 aromatic rings. The molecule has 0 saturated carbocycles. The number of nitro groups is 1. The smallest absolute Gasteiger partial charge is 0.314 e. The van der Waals surface area contributed by atoms with Crippen molar-refractivity contribution in [2.45, 2.75) is 50.7 Å². The van der Waals surface area contributed by atoms with Crippen LogP contribution in [0.3, 0.4) is 0 Å². The fraction of sp³-hybridized carbons (Fsp3) is 0.391. The first kappa shape index (κ1) is 20.4. The summed E-state index contributed by atoms with van der Waals surface area (Å²) in [6.45, 7) is 0.251. The molecular formula is C23H26N2O5. The number of rotatable bonds is 6. The van der Waals surface area contributed by atoms with Gasteiger partial charge in [0.1, 0.15) is 6.61 Å². The molecule has 0 amide bonds. The molecule has 7 nitrogen and oxygen atoms in total. The number of benzene rings is 2. The fourth-order valence-electron chi connectivity index (χ4n) is 4.34. The number of nitrogens with zero attached hydrogens (tertiary/aromatic N) is 2. The van der Waals surface area contributed by atoms with Gasteiger partial charge in [-0.3, -0.25) is 15.0 Å². The second-order valence-electron chi connectivity index (χ2n) is 7.77. The van der Waals surface area contributed by atoms with Crippen molar-refractivity contribution in [1.82, 2.24) is 4.90 Å². The minimum atomic E-state index is -0.824. The molecule has 2 aromatic carbocycles. The van der Waals surface area contributed by atoms with Gasteiger partial charge < -0.3 is 14.6 Å². The van der Waals surface area contributed by atoms with Gasteiger partial charge in [0.05, 0.1) is 17.3 Å². The van der Waals surface area contributed by atoms with Crippen molar-refractivity contribution in [2.75, 3.05) is 7.05 Å². The van der Waals surface area contributed by atoms with Crippen LogP contribution in [0.25, 0.3) is 0 Å². The summed E-state index contributed by atoms with van der Waals surface area (Å²) < 4.78 is 11.5. The number of aliphatic hydroxyl groups excluding tert-OH is 1. The van der Waals surface area contributed by atoms with E-state index in [1.165, 1.54) is 0 Å². The van der Waals surface area contributed by atoms with Crippen molar-refractivity contribution in [3.8, 4) is 5.75 Å². The molecule has 3 atom stereocenters. The van der Waals surface area contributed by atoms with Crippen molar-refractivity contribution >= 4 is 5.69 Å². The van der Waals surface area contributed by atoms with Crippen molar-refractivity contribution in [3.05, 3.63) is 81.6 Å². The predicted molar refractivity (Wildman–Crippen MR) is 112 cm³/mol. The predicted octanol–water partition coefficient (Wildman–Crippen LogP) is 4.10. The van der Waals surface area contributed by atoms with E-state index in [4.69, 9.17) is 9.47 Å². The van der Waals surface area contributed by atoms with Gasteiger partial charge in [0.25, 0.3) is 0 Å². The molecule has 1 aliphatic carbocycles. The van der Waals surface area contributed by atoms with Crippen LogP contribution >= 0.6 is 0 Å². The van der Waals surface area contributed by atoms with Gasteiger partial charge in [-0.25, -0.2) is 0 Å².